The first-order valence-corrected chi connectivity index (χ1v) is 6.23. The fraction of sp³-hybridized carbons (Fsp3) is 0.357. The molecule has 0 amide bonds. The Bertz CT molecular complexity index is 489. The monoisotopic (exact) mass is 281 g/mol. The molecule has 0 saturated carbocycles. The number of benzene rings is 1. The van der Waals surface area contributed by atoms with Gasteiger partial charge in [0.25, 0.3) is 0 Å². The third-order valence-corrected chi connectivity index (χ3v) is 2.46. The summed E-state index contributed by atoms with van der Waals surface area (Å²) in [5.74, 6) is -0.542. The largest absolute Gasteiger partial charge is 0.409 e. The fourth-order valence-corrected chi connectivity index (χ4v) is 1.58. The minimum atomic E-state index is -0.426. The number of halogens is 1. The van der Waals surface area contributed by atoms with Gasteiger partial charge < -0.3 is 21.0 Å². The van der Waals surface area contributed by atoms with Gasteiger partial charge >= 0.3 is 0 Å². The van der Waals surface area contributed by atoms with Crippen LogP contribution in [0.25, 0.3) is 0 Å². The number of oxime groups is 1. The molecule has 0 bridgehead atoms. The number of hydrogen-bond acceptors (Lipinski definition) is 4. The van der Waals surface area contributed by atoms with Crippen molar-refractivity contribution in [2.75, 3.05) is 19.8 Å². The average molecular weight is 281 g/mol. The van der Waals surface area contributed by atoms with E-state index in [4.69, 9.17) is 15.7 Å². The van der Waals surface area contributed by atoms with Crippen molar-refractivity contribution < 1.29 is 14.3 Å². The zero-order chi connectivity index (χ0) is 15.0. The lowest BCUT2D eigenvalue weighted by Crippen LogP contribution is -2.20. The molecule has 0 unspecified atom stereocenters. The van der Waals surface area contributed by atoms with Crippen LogP contribution >= 0.6 is 0 Å². The summed E-state index contributed by atoms with van der Waals surface area (Å²) in [5.41, 5.74) is 7.47. The Morgan fingerprint density at radius 3 is 2.90 bits per heavy atom. The summed E-state index contributed by atoms with van der Waals surface area (Å²) in [7, 11) is 0. The van der Waals surface area contributed by atoms with Crippen LogP contribution in [-0.4, -0.2) is 30.8 Å². The molecule has 0 saturated heterocycles. The van der Waals surface area contributed by atoms with E-state index in [1.54, 1.807) is 6.07 Å². The van der Waals surface area contributed by atoms with Gasteiger partial charge in [0.1, 0.15) is 5.82 Å². The Kier molecular flexibility index (Phi) is 6.69. The Morgan fingerprint density at radius 2 is 2.25 bits per heavy atom. The highest BCUT2D eigenvalue weighted by Crippen LogP contribution is 2.09. The van der Waals surface area contributed by atoms with E-state index in [-0.39, 0.29) is 5.84 Å². The molecule has 110 valence electrons. The summed E-state index contributed by atoms with van der Waals surface area (Å²) in [6.45, 7) is 7.83. The van der Waals surface area contributed by atoms with Gasteiger partial charge in [-0.1, -0.05) is 17.3 Å². The third-order valence-electron chi connectivity index (χ3n) is 2.46. The van der Waals surface area contributed by atoms with E-state index in [0.29, 0.717) is 37.4 Å². The number of nitrogens with two attached hydrogens (primary N) is 1. The van der Waals surface area contributed by atoms with E-state index in [1.165, 1.54) is 12.1 Å². The smallest absolute Gasteiger partial charge is 0.170 e. The fourth-order valence-electron chi connectivity index (χ4n) is 1.58. The maximum absolute atomic E-state index is 13.4. The van der Waals surface area contributed by atoms with Gasteiger partial charge in [-0.3, -0.25) is 0 Å². The molecule has 0 aliphatic rings. The van der Waals surface area contributed by atoms with Gasteiger partial charge in [-0.2, -0.15) is 0 Å². The lowest BCUT2D eigenvalue weighted by atomic mass is 10.1. The first kappa shape index (κ1) is 16.1. The molecule has 0 fully saturated rings. The molecular formula is C14H20FN3O2. The summed E-state index contributed by atoms with van der Waals surface area (Å²) >= 11 is 0. The molecule has 0 heterocycles. The van der Waals surface area contributed by atoms with E-state index < -0.39 is 5.82 Å². The second kappa shape index (κ2) is 8.29. The second-order valence-corrected chi connectivity index (χ2v) is 4.52. The first-order chi connectivity index (χ1) is 9.52. The van der Waals surface area contributed by atoms with E-state index >= 15 is 0 Å². The van der Waals surface area contributed by atoms with Gasteiger partial charge in [-0.15, -0.1) is 0 Å². The maximum atomic E-state index is 13.4. The number of nitrogens with one attached hydrogen (secondary N) is 1. The molecule has 0 aromatic heterocycles. The van der Waals surface area contributed by atoms with Crippen LogP contribution in [0.1, 0.15) is 18.1 Å². The maximum Gasteiger partial charge on any atom is 0.170 e. The van der Waals surface area contributed by atoms with E-state index in [1.807, 2.05) is 6.92 Å². The number of hydrogen-bond donors (Lipinski definition) is 3. The highest BCUT2D eigenvalue weighted by atomic mass is 19.1. The Morgan fingerprint density at radius 1 is 1.50 bits per heavy atom. The van der Waals surface area contributed by atoms with Crippen LogP contribution in [0.2, 0.25) is 0 Å². The number of nitrogens with zero attached hydrogens (tertiary/aromatic N) is 1. The van der Waals surface area contributed by atoms with Crippen molar-refractivity contribution in [3.8, 4) is 0 Å². The van der Waals surface area contributed by atoms with Gasteiger partial charge in [-0.05, 0) is 30.7 Å². The Labute approximate surface area is 117 Å². The minimum Gasteiger partial charge on any atom is -0.409 e. The molecule has 6 heteroatoms. The van der Waals surface area contributed by atoms with Gasteiger partial charge in [0.05, 0.1) is 13.2 Å². The zero-order valence-electron chi connectivity index (χ0n) is 11.5. The van der Waals surface area contributed by atoms with Crippen molar-refractivity contribution in [3.63, 3.8) is 0 Å². The quantitative estimate of drug-likeness (QED) is 0.169. The Hall–Kier alpha value is -1.92. The van der Waals surface area contributed by atoms with Crippen molar-refractivity contribution in [1.82, 2.24) is 5.32 Å². The van der Waals surface area contributed by atoms with Gasteiger partial charge in [0.15, 0.2) is 5.84 Å². The molecule has 0 aliphatic heterocycles. The van der Waals surface area contributed by atoms with Crippen LogP contribution in [0.3, 0.4) is 0 Å². The van der Waals surface area contributed by atoms with Crippen LogP contribution in [0.4, 0.5) is 4.39 Å². The summed E-state index contributed by atoms with van der Waals surface area (Å²) in [4.78, 5) is 0. The van der Waals surface area contributed by atoms with Gasteiger partial charge in [0, 0.05) is 18.7 Å². The second-order valence-electron chi connectivity index (χ2n) is 4.52. The highest BCUT2D eigenvalue weighted by molar-refractivity contribution is 5.97. The molecule has 0 radical (unpaired) electrons. The van der Waals surface area contributed by atoms with E-state index in [2.05, 4.69) is 17.1 Å². The van der Waals surface area contributed by atoms with Crippen LogP contribution in [0.15, 0.2) is 35.5 Å². The standard InChI is InChI=1S/C14H20FN3O2/c1-10(2)9-20-4-3-17-8-11-5-12(14(16)18-19)7-13(15)6-11/h5-7,17,19H,1,3-4,8-9H2,2H3,(H2,16,18). The van der Waals surface area contributed by atoms with Crippen molar-refractivity contribution in [1.29, 1.82) is 0 Å². The van der Waals surface area contributed by atoms with Crippen molar-refractivity contribution in [3.05, 3.63) is 47.3 Å². The third kappa shape index (κ3) is 5.81. The SMILES string of the molecule is C=C(C)COCCNCc1cc(F)cc(/C(N)=N/O)c1. The Balaban J connectivity index is 2.44. The van der Waals surface area contributed by atoms with Crippen molar-refractivity contribution in [2.45, 2.75) is 13.5 Å². The summed E-state index contributed by atoms with van der Waals surface area (Å²) in [5, 5.41) is 14.6. The van der Waals surface area contributed by atoms with Crippen LogP contribution in [-0.2, 0) is 11.3 Å². The summed E-state index contributed by atoms with van der Waals surface area (Å²) < 4.78 is 18.7. The van der Waals surface area contributed by atoms with Crippen LogP contribution in [0.5, 0.6) is 0 Å². The lowest BCUT2D eigenvalue weighted by molar-refractivity contribution is 0.158. The molecule has 1 rings (SSSR count). The normalized spacial score (nSPS) is 11.6. The first-order valence-electron chi connectivity index (χ1n) is 6.23. The molecule has 5 nitrogen and oxygen atoms in total. The van der Waals surface area contributed by atoms with Gasteiger partial charge in [0.2, 0.25) is 0 Å². The van der Waals surface area contributed by atoms with E-state index in [0.717, 1.165) is 5.57 Å². The topological polar surface area (TPSA) is 79.9 Å². The van der Waals surface area contributed by atoms with Crippen LogP contribution < -0.4 is 11.1 Å². The number of ether oxygens (including phenoxy) is 1. The summed E-state index contributed by atoms with van der Waals surface area (Å²) in [6.07, 6.45) is 0. The average Bonchev–Trinajstić information content (AvgIpc) is 2.40. The van der Waals surface area contributed by atoms with Crippen LogP contribution in [0, 0.1) is 5.82 Å². The molecule has 4 N–H and O–H groups in total. The number of rotatable bonds is 8. The molecule has 0 spiro atoms. The number of amidine groups is 1. The molecule has 0 atom stereocenters. The predicted octanol–water partition coefficient (Wildman–Crippen LogP) is 1.60. The van der Waals surface area contributed by atoms with Gasteiger partial charge in [-0.25, -0.2) is 4.39 Å². The molecule has 20 heavy (non-hydrogen) atoms. The summed E-state index contributed by atoms with van der Waals surface area (Å²) in [6, 6.07) is 4.28. The van der Waals surface area contributed by atoms with Crippen molar-refractivity contribution >= 4 is 5.84 Å². The highest BCUT2D eigenvalue weighted by Gasteiger charge is 2.04. The molecule has 1 aromatic rings. The van der Waals surface area contributed by atoms with Crippen molar-refractivity contribution in [2.24, 2.45) is 10.9 Å². The predicted molar refractivity (Wildman–Crippen MR) is 76.3 cm³/mol. The molecule has 0 aliphatic carbocycles. The zero-order valence-corrected chi connectivity index (χ0v) is 11.5. The van der Waals surface area contributed by atoms with E-state index in [9.17, 15) is 4.39 Å². The molecule has 1 aromatic carbocycles. The minimum absolute atomic E-state index is 0.115. The lowest BCUT2D eigenvalue weighted by Gasteiger charge is -2.08. The molecular weight excluding hydrogens is 261 g/mol.